The van der Waals surface area contributed by atoms with E-state index in [0.717, 1.165) is 57.8 Å². The molecule has 0 N–H and O–H groups in total. The maximum absolute atomic E-state index is 6.36. The van der Waals surface area contributed by atoms with Crippen LogP contribution in [0.25, 0.3) is 0 Å². The molecule has 0 bridgehead atoms. The predicted octanol–water partition coefficient (Wildman–Crippen LogP) is 5.10. The molecule has 4 aliphatic rings. The van der Waals surface area contributed by atoms with Gasteiger partial charge >= 0.3 is 0 Å². The van der Waals surface area contributed by atoms with Gasteiger partial charge in [-0.05, 0) is 57.8 Å². The first-order chi connectivity index (χ1) is 11.9. The van der Waals surface area contributed by atoms with Crippen molar-refractivity contribution >= 4 is 0 Å². The molecule has 2 unspecified atom stereocenters. The summed E-state index contributed by atoms with van der Waals surface area (Å²) in [5, 5.41) is 0. The fourth-order valence-corrected chi connectivity index (χ4v) is 4.35. The van der Waals surface area contributed by atoms with Crippen LogP contribution in [0.5, 0.6) is 0 Å². The lowest BCUT2D eigenvalue weighted by Gasteiger charge is -2.44. The largest absolute Gasteiger partial charge is 0.323 e. The molecule has 0 amide bonds. The molecule has 132 valence electrons. The summed E-state index contributed by atoms with van der Waals surface area (Å²) >= 11 is 0. The molecule has 0 aromatic carbocycles. The van der Waals surface area contributed by atoms with Crippen LogP contribution in [-0.4, -0.2) is 18.9 Å². The monoisotopic (exact) mass is 330 g/mol. The standard InChI is InChI=1S/C21H30O3/c1-4-10-16(11-5-1)19-22-20(17-12-6-2-7-13-17)24-21(23-19)18-14-8-3-9-15-18/h1-4,6,8,16-21H,5,7,9-15H2/t16-,17-,18+,19?,20?,21?/m1/s1. The van der Waals surface area contributed by atoms with Crippen molar-refractivity contribution in [2.24, 2.45) is 17.8 Å². The smallest absolute Gasteiger partial charge is 0.167 e. The van der Waals surface area contributed by atoms with Crippen LogP contribution in [0, 0.1) is 17.8 Å². The molecule has 1 heterocycles. The summed E-state index contributed by atoms with van der Waals surface area (Å²) in [6.07, 6.45) is 23.5. The Morgan fingerprint density at radius 3 is 1.04 bits per heavy atom. The molecule has 24 heavy (non-hydrogen) atoms. The average molecular weight is 330 g/mol. The first kappa shape index (κ1) is 16.6. The van der Waals surface area contributed by atoms with Crippen LogP contribution in [-0.2, 0) is 14.2 Å². The van der Waals surface area contributed by atoms with Crippen LogP contribution in [0.2, 0.25) is 0 Å². The highest BCUT2D eigenvalue weighted by atomic mass is 16.9. The molecule has 3 aliphatic carbocycles. The van der Waals surface area contributed by atoms with Gasteiger partial charge in [0.1, 0.15) is 0 Å². The van der Waals surface area contributed by atoms with Crippen LogP contribution in [0.3, 0.4) is 0 Å². The van der Waals surface area contributed by atoms with Gasteiger partial charge in [-0.25, -0.2) is 0 Å². The Balaban J connectivity index is 1.47. The number of hydrogen-bond acceptors (Lipinski definition) is 3. The molecular weight excluding hydrogens is 300 g/mol. The summed E-state index contributed by atoms with van der Waals surface area (Å²) in [5.74, 6) is 1.42. The zero-order valence-electron chi connectivity index (χ0n) is 14.5. The van der Waals surface area contributed by atoms with Gasteiger partial charge in [0.25, 0.3) is 0 Å². The van der Waals surface area contributed by atoms with Crippen molar-refractivity contribution in [1.82, 2.24) is 0 Å². The topological polar surface area (TPSA) is 27.7 Å². The third-order valence-electron chi connectivity index (χ3n) is 5.89. The van der Waals surface area contributed by atoms with Gasteiger partial charge in [-0.2, -0.15) is 0 Å². The Morgan fingerprint density at radius 2 is 0.792 bits per heavy atom. The summed E-state index contributed by atoms with van der Waals surface area (Å²) in [7, 11) is 0. The van der Waals surface area contributed by atoms with Crippen LogP contribution in [0.4, 0.5) is 0 Å². The van der Waals surface area contributed by atoms with Gasteiger partial charge in [-0.15, -0.1) is 0 Å². The Kier molecular flexibility index (Phi) is 5.51. The van der Waals surface area contributed by atoms with E-state index in [1.807, 2.05) is 0 Å². The third kappa shape index (κ3) is 3.84. The van der Waals surface area contributed by atoms with E-state index in [0.29, 0.717) is 17.8 Å². The van der Waals surface area contributed by atoms with Crippen molar-refractivity contribution in [3.8, 4) is 0 Å². The molecular formula is C21H30O3. The van der Waals surface area contributed by atoms with Crippen molar-refractivity contribution < 1.29 is 14.2 Å². The summed E-state index contributed by atoms with van der Waals surface area (Å²) in [6, 6.07) is 0. The number of rotatable bonds is 3. The van der Waals surface area contributed by atoms with Gasteiger partial charge in [-0.3, -0.25) is 0 Å². The Labute approximate surface area is 145 Å². The Bertz CT molecular complexity index is 418. The van der Waals surface area contributed by atoms with Crippen molar-refractivity contribution in [3.63, 3.8) is 0 Å². The highest BCUT2D eigenvalue weighted by molar-refractivity contribution is 4.95. The van der Waals surface area contributed by atoms with Crippen LogP contribution in [0.15, 0.2) is 36.5 Å². The fraction of sp³-hybridized carbons (Fsp3) is 0.714. The highest BCUT2D eigenvalue weighted by Crippen LogP contribution is 2.38. The van der Waals surface area contributed by atoms with E-state index in [4.69, 9.17) is 14.2 Å². The van der Waals surface area contributed by atoms with Gasteiger partial charge in [-0.1, -0.05) is 36.5 Å². The second kappa shape index (κ2) is 7.99. The Hall–Kier alpha value is -0.900. The van der Waals surface area contributed by atoms with Gasteiger partial charge in [0.2, 0.25) is 0 Å². The molecule has 3 heteroatoms. The number of hydrogen-bond donors (Lipinski definition) is 0. The molecule has 1 fully saturated rings. The maximum atomic E-state index is 6.36. The molecule has 0 spiro atoms. The zero-order valence-corrected chi connectivity index (χ0v) is 14.5. The molecule has 1 saturated heterocycles. The van der Waals surface area contributed by atoms with E-state index in [-0.39, 0.29) is 18.9 Å². The zero-order chi connectivity index (χ0) is 16.2. The molecule has 3 nitrogen and oxygen atoms in total. The molecule has 0 aromatic heterocycles. The third-order valence-corrected chi connectivity index (χ3v) is 5.89. The molecule has 1 aliphatic heterocycles. The molecule has 5 atom stereocenters. The lowest BCUT2D eigenvalue weighted by molar-refractivity contribution is -0.415. The first-order valence-corrected chi connectivity index (χ1v) is 9.81. The number of ether oxygens (including phenoxy) is 3. The minimum absolute atomic E-state index is 0.101. The van der Waals surface area contributed by atoms with Gasteiger partial charge in [0.15, 0.2) is 18.9 Å². The predicted molar refractivity (Wildman–Crippen MR) is 94.1 cm³/mol. The average Bonchev–Trinajstić information content (AvgIpc) is 2.70. The number of allylic oxidation sites excluding steroid dienone is 6. The second-order valence-electron chi connectivity index (χ2n) is 7.65. The molecule has 0 aromatic rings. The van der Waals surface area contributed by atoms with E-state index >= 15 is 0 Å². The van der Waals surface area contributed by atoms with Gasteiger partial charge < -0.3 is 14.2 Å². The summed E-state index contributed by atoms with van der Waals surface area (Å²) < 4.78 is 19.1. The van der Waals surface area contributed by atoms with Crippen LogP contribution < -0.4 is 0 Å². The quantitative estimate of drug-likeness (QED) is 0.674. The van der Waals surface area contributed by atoms with Crippen LogP contribution >= 0.6 is 0 Å². The SMILES string of the molecule is C1=CC[C@@H](C2OC([C@@H]3CC=CCC3)OC([C@H]3CC=CCC3)O2)CC1. The van der Waals surface area contributed by atoms with E-state index in [1.54, 1.807) is 0 Å². The molecule has 0 saturated carbocycles. The van der Waals surface area contributed by atoms with Crippen LogP contribution in [0.1, 0.15) is 57.8 Å². The van der Waals surface area contributed by atoms with Gasteiger partial charge in [0, 0.05) is 17.8 Å². The van der Waals surface area contributed by atoms with E-state index in [1.165, 1.54) is 0 Å². The normalized spacial score (nSPS) is 43.0. The van der Waals surface area contributed by atoms with Crippen molar-refractivity contribution in [2.45, 2.75) is 76.7 Å². The van der Waals surface area contributed by atoms with E-state index in [9.17, 15) is 0 Å². The van der Waals surface area contributed by atoms with Crippen molar-refractivity contribution in [2.75, 3.05) is 0 Å². The highest BCUT2D eigenvalue weighted by Gasteiger charge is 2.41. The summed E-state index contributed by atoms with van der Waals surface area (Å²) in [6.45, 7) is 0. The second-order valence-corrected chi connectivity index (χ2v) is 7.65. The maximum Gasteiger partial charge on any atom is 0.167 e. The Morgan fingerprint density at radius 1 is 0.458 bits per heavy atom. The fourth-order valence-electron chi connectivity index (χ4n) is 4.35. The van der Waals surface area contributed by atoms with Gasteiger partial charge in [0.05, 0.1) is 0 Å². The summed E-state index contributed by atoms with van der Waals surface area (Å²) in [4.78, 5) is 0. The lowest BCUT2D eigenvalue weighted by Crippen LogP contribution is -2.49. The summed E-state index contributed by atoms with van der Waals surface area (Å²) in [5.41, 5.74) is 0. The first-order valence-electron chi connectivity index (χ1n) is 9.81. The lowest BCUT2D eigenvalue weighted by atomic mass is 9.90. The van der Waals surface area contributed by atoms with Crippen molar-refractivity contribution in [1.29, 1.82) is 0 Å². The molecule has 4 rings (SSSR count). The minimum atomic E-state index is -0.101. The molecule has 0 radical (unpaired) electrons. The minimum Gasteiger partial charge on any atom is -0.323 e. The van der Waals surface area contributed by atoms with E-state index < -0.39 is 0 Å². The van der Waals surface area contributed by atoms with E-state index in [2.05, 4.69) is 36.5 Å². The van der Waals surface area contributed by atoms with Crippen molar-refractivity contribution in [3.05, 3.63) is 36.5 Å².